The van der Waals surface area contributed by atoms with E-state index in [0.29, 0.717) is 0 Å². The zero-order valence-electron chi connectivity index (χ0n) is 4.01. The van der Waals surface area contributed by atoms with E-state index in [1.165, 1.54) is 0 Å². The number of ketones is 1. The Morgan fingerprint density at radius 3 is 1.86 bits per heavy atom. The lowest BCUT2D eigenvalue weighted by atomic mass is 10.2. The molecule has 0 spiro atoms. The van der Waals surface area contributed by atoms with Crippen molar-refractivity contribution in [2.24, 2.45) is 0 Å². The van der Waals surface area contributed by atoms with Gasteiger partial charge in [0.2, 0.25) is 5.79 Å². The van der Waals surface area contributed by atoms with Crippen LogP contribution in [0.3, 0.4) is 0 Å². The van der Waals surface area contributed by atoms with Crippen molar-refractivity contribution < 1.29 is 15.0 Å². The Kier molecular flexibility index (Phi) is 1.50. The van der Waals surface area contributed by atoms with Gasteiger partial charge in [0.15, 0.2) is 5.78 Å². The molecule has 0 aromatic heterocycles. The molecule has 0 rings (SSSR count). The molecule has 0 bridgehead atoms. The van der Waals surface area contributed by atoms with Crippen LogP contribution in [0.2, 0.25) is 0 Å². The predicted octanol–water partition coefficient (Wildman–Crippen LogP) is -0.910. The van der Waals surface area contributed by atoms with Crippen LogP contribution in [0.15, 0.2) is 0 Å². The molecule has 0 aliphatic rings. The van der Waals surface area contributed by atoms with E-state index in [-0.39, 0.29) is 0 Å². The fourth-order valence-corrected chi connectivity index (χ4v) is 0. The van der Waals surface area contributed by atoms with Gasteiger partial charge in [-0.15, -0.1) is 0 Å². The number of carbonyl (C=O) groups excluding carboxylic acids is 1. The first kappa shape index (κ1) is 6.59. The van der Waals surface area contributed by atoms with Crippen LogP contribution >= 0.6 is 0 Å². The van der Waals surface area contributed by atoms with E-state index in [1.807, 2.05) is 0 Å². The molecule has 0 saturated carbocycles. The predicted molar refractivity (Wildman–Crippen MR) is 23.2 cm³/mol. The first-order valence-corrected chi connectivity index (χ1v) is 1.75. The molecule has 3 nitrogen and oxygen atoms in total. The Bertz CT molecular complexity index is 79.4. The molecule has 0 unspecified atom stereocenters. The summed E-state index contributed by atoms with van der Waals surface area (Å²) >= 11 is 0. The molecule has 0 aliphatic heterocycles. The van der Waals surface area contributed by atoms with Gasteiger partial charge in [-0.1, -0.05) is 0 Å². The minimum atomic E-state index is -2.39. The van der Waals surface area contributed by atoms with Gasteiger partial charge in [-0.3, -0.25) is 4.79 Å². The van der Waals surface area contributed by atoms with E-state index >= 15 is 0 Å². The van der Waals surface area contributed by atoms with Crippen LogP contribution in [0, 0.1) is 6.92 Å². The number of hydrogen-bond donors (Lipinski definition) is 2. The number of carbonyl (C=O) groups is 1. The van der Waals surface area contributed by atoms with Gasteiger partial charge in [-0.25, -0.2) is 0 Å². The smallest absolute Gasteiger partial charge is 0.223 e. The molecule has 3 heteroatoms. The Morgan fingerprint density at radius 1 is 1.71 bits per heavy atom. The highest BCUT2D eigenvalue weighted by atomic mass is 16.5. The van der Waals surface area contributed by atoms with Gasteiger partial charge in [0.25, 0.3) is 0 Å². The average molecular weight is 103 g/mol. The molecule has 0 aliphatic carbocycles. The molecule has 0 amide bonds. The maximum Gasteiger partial charge on any atom is 0.223 e. The summed E-state index contributed by atoms with van der Waals surface area (Å²) in [5, 5.41) is 16.4. The first-order chi connectivity index (χ1) is 2.94. The fourth-order valence-electron chi connectivity index (χ4n) is 0. The molecule has 0 saturated heterocycles. The van der Waals surface area contributed by atoms with Crippen molar-refractivity contribution >= 4 is 5.78 Å². The van der Waals surface area contributed by atoms with E-state index in [9.17, 15) is 4.79 Å². The number of hydrogen-bond acceptors (Lipinski definition) is 3. The Hall–Kier alpha value is -0.410. The summed E-state index contributed by atoms with van der Waals surface area (Å²) < 4.78 is 0. The van der Waals surface area contributed by atoms with E-state index < -0.39 is 11.6 Å². The van der Waals surface area contributed by atoms with Crippen LogP contribution in [0.4, 0.5) is 0 Å². The van der Waals surface area contributed by atoms with Crippen LogP contribution in [0.1, 0.15) is 6.92 Å². The summed E-state index contributed by atoms with van der Waals surface area (Å²) in [6.45, 7) is 3.78. The lowest BCUT2D eigenvalue weighted by Gasteiger charge is -2.08. The Balaban J connectivity index is 3.79. The normalized spacial score (nSPS) is 11.4. The largest absolute Gasteiger partial charge is 0.360 e. The number of rotatable bonds is 1. The summed E-state index contributed by atoms with van der Waals surface area (Å²) in [6, 6.07) is 0. The second kappa shape index (κ2) is 1.60. The molecule has 0 aromatic carbocycles. The molecule has 0 fully saturated rings. The molecular formula is C4H7O3. The topological polar surface area (TPSA) is 57.5 Å². The van der Waals surface area contributed by atoms with Gasteiger partial charge in [-0.05, 0) is 0 Å². The van der Waals surface area contributed by atoms with Crippen LogP contribution in [0.25, 0.3) is 0 Å². The zero-order valence-corrected chi connectivity index (χ0v) is 4.01. The maximum atomic E-state index is 9.90. The van der Waals surface area contributed by atoms with Crippen LogP contribution in [-0.2, 0) is 4.79 Å². The molecule has 1 radical (unpaired) electrons. The lowest BCUT2D eigenvalue weighted by molar-refractivity contribution is -0.164. The summed E-state index contributed by atoms with van der Waals surface area (Å²) in [4.78, 5) is 9.90. The SMILES string of the molecule is [CH2]C(O)(O)C(C)=O. The van der Waals surface area contributed by atoms with Gasteiger partial charge in [0.05, 0.1) is 0 Å². The standard InChI is InChI=1S/C4H7O3/c1-3(5)4(2,6)7/h6-7H,2H2,1H3. The van der Waals surface area contributed by atoms with Crippen molar-refractivity contribution in [3.8, 4) is 0 Å². The van der Waals surface area contributed by atoms with Crippen molar-refractivity contribution in [1.82, 2.24) is 0 Å². The maximum absolute atomic E-state index is 9.90. The van der Waals surface area contributed by atoms with Crippen molar-refractivity contribution in [3.63, 3.8) is 0 Å². The van der Waals surface area contributed by atoms with Gasteiger partial charge < -0.3 is 10.2 Å². The molecule has 41 valence electrons. The summed E-state index contributed by atoms with van der Waals surface area (Å²) in [7, 11) is 0. The van der Waals surface area contributed by atoms with E-state index in [2.05, 4.69) is 6.92 Å². The molecule has 7 heavy (non-hydrogen) atoms. The van der Waals surface area contributed by atoms with Gasteiger partial charge in [0.1, 0.15) is 0 Å². The van der Waals surface area contributed by atoms with Crippen LogP contribution in [0.5, 0.6) is 0 Å². The minimum Gasteiger partial charge on any atom is -0.360 e. The molecule has 2 N–H and O–H groups in total. The lowest BCUT2D eigenvalue weighted by Crippen LogP contribution is -2.32. The second-order valence-corrected chi connectivity index (χ2v) is 1.37. The molecule has 0 aromatic rings. The third kappa shape index (κ3) is 2.31. The third-order valence-electron chi connectivity index (χ3n) is 0.564. The van der Waals surface area contributed by atoms with Gasteiger partial charge in [-0.2, -0.15) is 0 Å². The van der Waals surface area contributed by atoms with Crippen LogP contribution in [-0.4, -0.2) is 21.8 Å². The highest BCUT2D eigenvalue weighted by Crippen LogP contribution is 1.94. The van der Waals surface area contributed by atoms with E-state index in [0.717, 1.165) is 6.92 Å². The van der Waals surface area contributed by atoms with Crippen molar-refractivity contribution in [1.29, 1.82) is 0 Å². The van der Waals surface area contributed by atoms with Crippen molar-refractivity contribution in [3.05, 3.63) is 6.92 Å². The summed E-state index contributed by atoms with van der Waals surface area (Å²) in [6.07, 6.45) is 0. The summed E-state index contributed by atoms with van der Waals surface area (Å²) in [5.74, 6) is -3.15. The highest BCUT2D eigenvalue weighted by molar-refractivity contribution is 5.83. The Labute approximate surface area is 41.6 Å². The van der Waals surface area contributed by atoms with E-state index in [1.54, 1.807) is 0 Å². The van der Waals surface area contributed by atoms with Gasteiger partial charge >= 0.3 is 0 Å². The Morgan fingerprint density at radius 2 is 1.86 bits per heavy atom. The van der Waals surface area contributed by atoms with Crippen molar-refractivity contribution in [2.45, 2.75) is 12.7 Å². The fraction of sp³-hybridized carbons (Fsp3) is 0.500. The zero-order chi connectivity index (χ0) is 6.08. The van der Waals surface area contributed by atoms with Crippen LogP contribution < -0.4 is 0 Å². The number of Topliss-reactive ketones (excluding diaryl/α,β-unsaturated/α-hetero) is 1. The van der Waals surface area contributed by atoms with Crippen molar-refractivity contribution in [2.75, 3.05) is 0 Å². The average Bonchev–Trinajstić information content (AvgIpc) is 1.31. The van der Waals surface area contributed by atoms with E-state index in [4.69, 9.17) is 10.2 Å². The molecule has 0 heterocycles. The van der Waals surface area contributed by atoms with Gasteiger partial charge in [0, 0.05) is 13.8 Å². The monoisotopic (exact) mass is 103 g/mol. The third-order valence-corrected chi connectivity index (χ3v) is 0.564. The molecular weight excluding hydrogens is 96.0 g/mol. The highest BCUT2D eigenvalue weighted by Gasteiger charge is 2.20. The quantitative estimate of drug-likeness (QED) is 0.422. The second-order valence-electron chi connectivity index (χ2n) is 1.37. The first-order valence-electron chi connectivity index (χ1n) is 1.75. The summed E-state index contributed by atoms with van der Waals surface area (Å²) in [5.41, 5.74) is 0. The molecule has 0 atom stereocenters. The minimum absolute atomic E-state index is 0.757. The number of aliphatic hydroxyl groups is 2.